The zero-order valence-electron chi connectivity index (χ0n) is 12.7. The molecule has 1 aliphatic heterocycles. The van der Waals surface area contributed by atoms with Gasteiger partial charge in [0.1, 0.15) is 0 Å². The lowest BCUT2D eigenvalue weighted by atomic mass is 10.1. The van der Waals surface area contributed by atoms with Gasteiger partial charge in [-0.2, -0.15) is 4.68 Å². The van der Waals surface area contributed by atoms with Crippen molar-refractivity contribution in [2.24, 2.45) is 0 Å². The molecule has 2 fully saturated rings. The third kappa shape index (κ3) is 2.73. The van der Waals surface area contributed by atoms with Crippen LogP contribution in [0.3, 0.4) is 0 Å². The molecule has 6 heteroatoms. The summed E-state index contributed by atoms with van der Waals surface area (Å²) in [7, 11) is 0. The Morgan fingerprint density at radius 2 is 2.05 bits per heavy atom. The van der Waals surface area contributed by atoms with Crippen molar-refractivity contribution >= 4 is 12.2 Å². The molecular formula is C16H22N5S+. The quantitative estimate of drug-likeness (QED) is 0.875. The molecule has 0 radical (unpaired) electrons. The first-order chi connectivity index (χ1) is 10.8. The molecule has 1 aliphatic carbocycles. The molecule has 0 aromatic carbocycles. The van der Waals surface area contributed by atoms with Crippen LogP contribution in [0, 0.1) is 4.77 Å². The molecule has 0 amide bonds. The maximum atomic E-state index is 5.73. The van der Waals surface area contributed by atoms with E-state index in [0.29, 0.717) is 6.04 Å². The van der Waals surface area contributed by atoms with Gasteiger partial charge in [0.05, 0.1) is 13.1 Å². The predicted octanol–water partition coefficient (Wildman–Crippen LogP) is 1.84. The van der Waals surface area contributed by atoms with Gasteiger partial charge in [0.2, 0.25) is 4.77 Å². The second kappa shape index (κ2) is 5.93. The van der Waals surface area contributed by atoms with E-state index in [1.165, 1.54) is 45.2 Å². The highest BCUT2D eigenvalue weighted by molar-refractivity contribution is 7.71. The van der Waals surface area contributed by atoms with Crippen molar-refractivity contribution in [3.63, 3.8) is 0 Å². The number of aromatic nitrogens is 4. The van der Waals surface area contributed by atoms with Crippen LogP contribution in [0.15, 0.2) is 24.5 Å². The van der Waals surface area contributed by atoms with Crippen molar-refractivity contribution in [1.82, 2.24) is 19.3 Å². The molecule has 1 saturated heterocycles. The van der Waals surface area contributed by atoms with E-state index in [-0.39, 0.29) is 0 Å². The highest BCUT2D eigenvalue weighted by atomic mass is 32.1. The molecular weight excluding hydrogens is 294 g/mol. The standard InChI is InChI=1S/C16H21N5S/c22-16-20(12-19-9-2-1-3-10-19)18-15(21(16)14-6-7-14)13-5-4-8-17-11-13/h4-5,8,11,14H,1-3,6-7,9-10,12H2/p+1. The van der Waals surface area contributed by atoms with Gasteiger partial charge in [-0.05, 0) is 56.5 Å². The van der Waals surface area contributed by atoms with E-state index < -0.39 is 0 Å². The number of pyridine rings is 1. The average Bonchev–Trinajstić information content (AvgIpc) is 3.35. The number of nitrogens with zero attached hydrogens (tertiary/aromatic N) is 4. The lowest BCUT2D eigenvalue weighted by Gasteiger charge is -2.22. The van der Waals surface area contributed by atoms with Crippen LogP contribution in [0.5, 0.6) is 0 Å². The fourth-order valence-corrected chi connectivity index (χ4v) is 3.64. The highest BCUT2D eigenvalue weighted by Crippen LogP contribution is 2.38. The van der Waals surface area contributed by atoms with Crippen molar-refractivity contribution in [3.8, 4) is 11.4 Å². The van der Waals surface area contributed by atoms with Gasteiger partial charge in [0.15, 0.2) is 12.5 Å². The van der Waals surface area contributed by atoms with Crippen LogP contribution in [0.4, 0.5) is 0 Å². The fraction of sp³-hybridized carbons (Fsp3) is 0.562. The number of nitrogens with one attached hydrogen (secondary N) is 1. The molecule has 22 heavy (non-hydrogen) atoms. The Bertz CT molecular complexity index is 695. The molecule has 2 aromatic rings. The SMILES string of the molecule is S=c1n(C[NH+]2CCCCC2)nc(-c2cccnc2)n1C1CC1. The first-order valence-corrected chi connectivity index (χ1v) is 8.67. The van der Waals surface area contributed by atoms with Crippen LogP contribution in [-0.4, -0.2) is 32.4 Å². The number of rotatable bonds is 4. The minimum absolute atomic E-state index is 0.535. The van der Waals surface area contributed by atoms with E-state index in [2.05, 4.69) is 15.6 Å². The van der Waals surface area contributed by atoms with Gasteiger partial charge in [-0.1, -0.05) is 0 Å². The van der Waals surface area contributed by atoms with Crippen LogP contribution in [-0.2, 0) is 6.67 Å². The Balaban J connectivity index is 1.69. The molecule has 1 N–H and O–H groups in total. The van der Waals surface area contributed by atoms with Gasteiger partial charge in [0, 0.05) is 24.0 Å². The monoisotopic (exact) mass is 316 g/mol. The minimum atomic E-state index is 0.535. The second-order valence-corrected chi connectivity index (χ2v) is 6.78. The van der Waals surface area contributed by atoms with Crippen molar-refractivity contribution in [3.05, 3.63) is 29.3 Å². The molecule has 3 heterocycles. The van der Waals surface area contributed by atoms with Gasteiger partial charge in [-0.3, -0.25) is 9.55 Å². The molecule has 4 rings (SSSR count). The lowest BCUT2D eigenvalue weighted by Crippen LogP contribution is -3.12. The van der Waals surface area contributed by atoms with Crippen LogP contribution in [0.25, 0.3) is 11.4 Å². The average molecular weight is 316 g/mol. The number of likely N-dealkylation sites (tertiary alicyclic amines) is 1. The molecule has 0 bridgehead atoms. The Hall–Kier alpha value is -1.53. The predicted molar refractivity (Wildman–Crippen MR) is 87.1 cm³/mol. The summed E-state index contributed by atoms with van der Waals surface area (Å²) < 4.78 is 5.16. The third-order valence-corrected chi connectivity index (χ3v) is 5.04. The summed E-state index contributed by atoms with van der Waals surface area (Å²) in [4.78, 5) is 5.83. The van der Waals surface area contributed by atoms with E-state index in [9.17, 15) is 0 Å². The topological polar surface area (TPSA) is 40.1 Å². The summed E-state index contributed by atoms with van der Waals surface area (Å²) in [6.07, 6.45) is 10.1. The third-order valence-electron chi connectivity index (χ3n) is 4.64. The summed E-state index contributed by atoms with van der Waals surface area (Å²) in [6, 6.07) is 4.57. The fourth-order valence-electron chi connectivity index (χ4n) is 3.30. The molecule has 5 nitrogen and oxygen atoms in total. The van der Waals surface area contributed by atoms with Crippen LogP contribution < -0.4 is 4.90 Å². The Morgan fingerprint density at radius 1 is 1.23 bits per heavy atom. The maximum absolute atomic E-state index is 5.73. The molecule has 116 valence electrons. The van der Waals surface area contributed by atoms with Crippen molar-refractivity contribution in [2.45, 2.75) is 44.8 Å². The molecule has 2 aliphatic rings. The summed E-state index contributed by atoms with van der Waals surface area (Å²) >= 11 is 5.73. The zero-order valence-corrected chi connectivity index (χ0v) is 13.6. The summed E-state index contributed by atoms with van der Waals surface area (Å²) in [5.41, 5.74) is 1.06. The Labute approximate surface area is 135 Å². The van der Waals surface area contributed by atoms with Gasteiger partial charge >= 0.3 is 0 Å². The number of piperidine rings is 1. The van der Waals surface area contributed by atoms with Crippen molar-refractivity contribution in [1.29, 1.82) is 0 Å². The normalized spacial score (nSPS) is 19.5. The van der Waals surface area contributed by atoms with Crippen LogP contribution in [0.2, 0.25) is 0 Å². The summed E-state index contributed by atoms with van der Waals surface area (Å²) in [5, 5.41) is 4.85. The smallest absolute Gasteiger partial charge is 0.203 e. The molecule has 0 unspecified atom stereocenters. The number of hydrogen-bond donors (Lipinski definition) is 1. The van der Waals surface area contributed by atoms with Gasteiger partial charge in [-0.25, -0.2) is 0 Å². The maximum Gasteiger partial charge on any atom is 0.203 e. The largest absolute Gasteiger partial charge is 0.316 e. The highest BCUT2D eigenvalue weighted by Gasteiger charge is 2.29. The number of quaternary nitrogens is 1. The molecule has 0 spiro atoms. The van der Waals surface area contributed by atoms with E-state index >= 15 is 0 Å². The molecule has 1 saturated carbocycles. The first-order valence-electron chi connectivity index (χ1n) is 8.26. The van der Waals surface area contributed by atoms with Crippen LogP contribution >= 0.6 is 12.2 Å². The first kappa shape index (κ1) is 14.1. The zero-order chi connectivity index (χ0) is 14.9. The minimum Gasteiger partial charge on any atom is -0.316 e. The van der Waals surface area contributed by atoms with E-state index in [1.54, 1.807) is 11.1 Å². The van der Waals surface area contributed by atoms with Gasteiger partial charge < -0.3 is 4.90 Å². The van der Waals surface area contributed by atoms with Crippen molar-refractivity contribution in [2.75, 3.05) is 13.1 Å². The summed E-state index contributed by atoms with van der Waals surface area (Å²) in [5.74, 6) is 0.983. The van der Waals surface area contributed by atoms with Gasteiger partial charge in [-0.15, -0.1) is 5.10 Å². The van der Waals surface area contributed by atoms with E-state index in [0.717, 1.165) is 22.8 Å². The molecule has 2 aromatic heterocycles. The Kier molecular flexibility index (Phi) is 3.80. The number of hydrogen-bond acceptors (Lipinski definition) is 3. The lowest BCUT2D eigenvalue weighted by molar-refractivity contribution is -0.928. The van der Waals surface area contributed by atoms with Crippen LogP contribution in [0.1, 0.15) is 38.1 Å². The van der Waals surface area contributed by atoms with E-state index in [1.807, 2.05) is 16.9 Å². The van der Waals surface area contributed by atoms with Crippen molar-refractivity contribution < 1.29 is 4.90 Å². The molecule has 0 atom stereocenters. The summed E-state index contributed by atoms with van der Waals surface area (Å²) in [6.45, 7) is 3.37. The second-order valence-electron chi connectivity index (χ2n) is 6.42. The van der Waals surface area contributed by atoms with Gasteiger partial charge in [0.25, 0.3) is 0 Å². The Morgan fingerprint density at radius 3 is 2.73 bits per heavy atom. The van der Waals surface area contributed by atoms with E-state index in [4.69, 9.17) is 17.3 Å².